The molecule has 12 atom stereocenters. The third-order valence-corrected chi connectivity index (χ3v) is 15.0. The molecule has 9 N–H and O–H groups in total. The SMILES string of the molecule is CC/C=C\C/C=C\C/C=C\C/C=C\C/C=C\CCCCCCCCCCCCCCCCCCCCCC(=O)NC(COC1OC(CO)C(OC2OC(CO)C(O)C(O)C2O)C(O)C1O)C(O)/C=C/CC/C=C/CC/C=C/CCCC. The monoisotopic (exact) mass is 1140 g/mol. The number of hydrogen-bond donors (Lipinski definition) is 9. The molecule has 1 amide bonds. The van der Waals surface area contributed by atoms with E-state index in [4.69, 9.17) is 18.9 Å². The molecule has 14 heteroatoms. The third-order valence-electron chi connectivity index (χ3n) is 15.0. The zero-order valence-electron chi connectivity index (χ0n) is 50.2. The summed E-state index contributed by atoms with van der Waals surface area (Å²) in [5.74, 6) is -0.256. The van der Waals surface area contributed by atoms with Gasteiger partial charge < -0.3 is 65.1 Å². The molecular formula is C67H115NO13. The van der Waals surface area contributed by atoms with Gasteiger partial charge in [-0.1, -0.05) is 233 Å². The first-order valence-corrected chi connectivity index (χ1v) is 32.0. The lowest BCUT2D eigenvalue weighted by atomic mass is 9.97. The van der Waals surface area contributed by atoms with Gasteiger partial charge in [0.15, 0.2) is 12.6 Å². The molecule has 2 fully saturated rings. The van der Waals surface area contributed by atoms with Crippen LogP contribution in [0.4, 0.5) is 0 Å². The van der Waals surface area contributed by atoms with Gasteiger partial charge in [-0.2, -0.15) is 0 Å². The van der Waals surface area contributed by atoms with Gasteiger partial charge in [-0.25, -0.2) is 0 Å². The van der Waals surface area contributed by atoms with Crippen molar-refractivity contribution < 1.29 is 64.6 Å². The van der Waals surface area contributed by atoms with Gasteiger partial charge >= 0.3 is 0 Å². The second-order valence-electron chi connectivity index (χ2n) is 22.1. The van der Waals surface area contributed by atoms with E-state index in [0.717, 1.165) is 77.0 Å². The van der Waals surface area contributed by atoms with Crippen LogP contribution in [-0.2, 0) is 23.7 Å². The fraction of sp³-hybridized carbons (Fsp3) is 0.746. The minimum Gasteiger partial charge on any atom is -0.394 e. The van der Waals surface area contributed by atoms with E-state index in [9.17, 15) is 45.6 Å². The lowest BCUT2D eigenvalue weighted by Gasteiger charge is -2.46. The molecule has 14 nitrogen and oxygen atoms in total. The standard InChI is InChI=1S/C67H115NO13/c1-3-5-7-9-11-13-15-17-18-19-20-21-22-23-24-25-26-27-28-29-30-31-32-33-34-35-36-37-38-39-41-43-45-47-49-51-59(72)68-55(56(71)50-48-46-44-42-40-16-14-12-10-8-6-4-2)54-78-66-64(77)62(75)65(58(53-70)80-66)81-67-63(76)61(74)60(73)57(52-69)79-67/h5,7,10-13,17-18,20-21,23-24,40,42,48,50,55-58,60-67,69-71,73-77H,3-4,6,8-9,14-16,19,22,25-39,41,43-47,49,51-54H2,1-2H3,(H,68,72)/b7-5-,12-10+,13-11-,18-17-,21-20-,24-23-,42-40+,50-48+. The number of unbranched alkanes of at least 4 members (excludes halogenated alkanes) is 23. The number of hydrogen-bond acceptors (Lipinski definition) is 13. The maximum Gasteiger partial charge on any atom is 0.220 e. The Labute approximate surface area is 490 Å². The molecule has 0 aromatic carbocycles. The van der Waals surface area contributed by atoms with Crippen LogP contribution in [0.3, 0.4) is 0 Å². The van der Waals surface area contributed by atoms with E-state index in [1.165, 1.54) is 116 Å². The highest BCUT2D eigenvalue weighted by Gasteiger charge is 2.51. The van der Waals surface area contributed by atoms with Crippen LogP contribution in [0.15, 0.2) is 97.2 Å². The molecule has 466 valence electrons. The van der Waals surface area contributed by atoms with Crippen LogP contribution in [0.25, 0.3) is 0 Å². The van der Waals surface area contributed by atoms with Gasteiger partial charge in [-0.3, -0.25) is 4.79 Å². The maximum absolute atomic E-state index is 13.3. The van der Waals surface area contributed by atoms with E-state index in [-0.39, 0.29) is 18.9 Å². The molecule has 0 radical (unpaired) electrons. The maximum atomic E-state index is 13.3. The van der Waals surface area contributed by atoms with Gasteiger partial charge in [0.2, 0.25) is 5.91 Å². The topological polar surface area (TPSA) is 228 Å². The average molecular weight is 1140 g/mol. The second kappa shape index (κ2) is 51.3. The van der Waals surface area contributed by atoms with Gasteiger partial charge in [0, 0.05) is 6.42 Å². The number of rotatable bonds is 50. The number of aliphatic hydroxyl groups excluding tert-OH is 8. The van der Waals surface area contributed by atoms with Crippen molar-refractivity contribution in [2.24, 2.45) is 0 Å². The smallest absolute Gasteiger partial charge is 0.220 e. The molecule has 2 rings (SSSR count). The van der Waals surface area contributed by atoms with E-state index in [1.54, 1.807) is 6.08 Å². The van der Waals surface area contributed by atoms with Gasteiger partial charge in [0.05, 0.1) is 32.0 Å². The highest BCUT2D eigenvalue weighted by Crippen LogP contribution is 2.30. The molecule has 0 spiro atoms. The predicted octanol–water partition coefficient (Wildman–Crippen LogP) is 11.8. The number of nitrogens with one attached hydrogen (secondary N) is 1. The van der Waals surface area contributed by atoms with Crippen molar-refractivity contribution in [3.8, 4) is 0 Å². The normalized spacial score (nSPS) is 24.8. The summed E-state index contributed by atoms with van der Waals surface area (Å²) in [4.78, 5) is 13.3. The molecule has 0 aliphatic carbocycles. The fourth-order valence-corrected chi connectivity index (χ4v) is 9.87. The Kier molecular flexibility index (Phi) is 46.9. The van der Waals surface area contributed by atoms with Crippen LogP contribution in [0.1, 0.15) is 226 Å². The van der Waals surface area contributed by atoms with E-state index in [2.05, 4.69) is 104 Å². The van der Waals surface area contributed by atoms with Gasteiger partial charge in [0.1, 0.15) is 48.8 Å². The molecule has 0 aromatic rings. The number of carbonyl (C=O) groups is 1. The molecule has 2 aliphatic heterocycles. The molecule has 2 saturated heterocycles. The average Bonchev–Trinajstić information content (AvgIpc) is 3.46. The molecule has 2 heterocycles. The van der Waals surface area contributed by atoms with Crippen molar-refractivity contribution in [1.82, 2.24) is 5.32 Å². The first-order chi connectivity index (χ1) is 39.6. The number of carbonyl (C=O) groups excluding carboxylic acids is 1. The summed E-state index contributed by atoms with van der Waals surface area (Å²) in [6, 6.07) is -0.940. The van der Waals surface area contributed by atoms with E-state index in [1.807, 2.05) is 6.08 Å². The Morgan fingerprint density at radius 1 is 0.457 bits per heavy atom. The summed E-state index contributed by atoms with van der Waals surface area (Å²) >= 11 is 0. The third kappa shape index (κ3) is 36.4. The Hall–Kier alpha value is -3.09. The minimum atomic E-state index is -1.79. The fourth-order valence-electron chi connectivity index (χ4n) is 9.87. The first-order valence-electron chi connectivity index (χ1n) is 32.0. The Morgan fingerprint density at radius 3 is 1.36 bits per heavy atom. The van der Waals surface area contributed by atoms with E-state index < -0.39 is 86.8 Å². The lowest BCUT2D eigenvalue weighted by Crippen LogP contribution is -2.65. The Balaban J connectivity index is 1.61. The number of aliphatic hydroxyl groups is 8. The van der Waals surface area contributed by atoms with Crippen molar-refractivity contribution in [2.75, 3.05) is 19.8 Å². The van der Waals surface area contributed by atoms with Crippen LogP contribution in [0.5, 0.6) is 0 Å². The van der Waals surface area contributed by atoms with Crippen molar-refractivity contribution in [3.05, 3.63) is 97.2 Å². The molecule has 12 unspecified atom stereocenters. The second-order valence-corrected chi connectivity index (χ2v) is 22.1. The van der Waals surface area contributed by atoms with Gasteiger partial charge in [-0.15, -0.1) is 0 Å². The molecule has 0 saturated carbocycles. The van der Waals surface area contributed by atoms with Gasteiger partial charge in [-0.05, 0) is 83.5 Å². The van der Waals surface area contributed by atoms with E-state index in [0.29, 0.717) is 12.8 Å². The molecule has 0 aromatic heterocycles. The van der Waals surface area contributed by atoms with E-state index >= 15 is 0 Å². The van der Waals surface area contributed by atoms with Crippen LogP contribution >= 0.6 is 0 Å². The number of amides is 1. The lowest BCUT2D eigenvalue weighted by molar-refractivity contribution is -0.359. The van der Waals surface area contributed by atoms with Crippen LogP contribution in [0, 0.1) is 0 Å². The van der Waals surface area contributed by atoms with Crippen LogP contribution in [0.2, 0.25) is 0 Å². The predicted molar refractivity (Wildman–Crippen MR) is 327 cm³/mol. The number of allylic oxidation sites excluding steroid dienone is 15. The van der Waals surface area contributed by atoms with Crippen molar-refractivity contribution in [2.45, 2.75) is 299 Å². The summed E-state index contributed by atoms with van der Waals surface area (Å²) in [5, 5.41) is 87.0. The van der Waals surface area contributed by atoms with Crippen molar-refractivity contribution in [3.63, 3.8) is 0 Å². The van der Waals surface area contributed by atoms with Crippen molar-refractivity contribution >= 4 is 5.91 Å². The Bertz CT molecular complexity index is 1730. The Morgan fingerprint density at radius 2 is 0.864 bits per heavy atom. The molecule has 81 heavy (non-hydrogen) atoms. The van der Waals surface area contributed by atoms with Crippen LogP contribution in [-0.4, -0.2) is 140 Å². The number of ether oxygens (including phenoxy) is 4. The zero-order chi connectivity index (χ0) is 58.8. The molecular weight excluding hydrogens is 1030 g/mol. The molecule has 0 bridgehead atoms. The minimum absolute atomic E-state index is 0.256. The quantitative estimate of drug-likeness (QED) is 0.0204. The molecule has 2 aliphatic rings. The summed E-state index contributed by atoms with van der Waals surface area (Å²) in [6.45, 7) is 2.60. The summed E-state index contributed by atoms with van der Waals surface area (Å²) in [6.07, 6.45) is 54.8. The summed E-state index contributed by atoms with van der Waals surface area (Å²) in [7, 11) is 0. The highest BCUT2D eigenvalue weighted by molar-refractivity contribution is 5.76. The largest absolute Gasteiger partial charge is 0.394 e. The highest BCUT2D eigenvalue weighted by atomic mass is 16.7. The summed E-state index contributed by atoms with van der Waals surface area (Å²) in [5.41, 5.74) is 0. The van der Waals surface area contributed by atoms with Crippen molar-refractivity contribution in [1.29, 1.82) is 0 Å². The zero-order valence-corrected chi connectivity index (χ0v) is 50.2. The summed E-state index contributed by atoms with van der Waals surface area (Å²) < 4.78 is 22.7. The van der Waals surface area contributed by atoms with Gasteiger partial charge in [0.25, 0.3) is 0 Å². The van der Waals surface area contributed by atoms with Crippen LogP contribution < -0.4 is 5.32 Å². The first kappa shape index (κ1) is 74.0.